The normalized spacial score (nSPS) is 11.3. The zero-order valence-corrected chi connectivity index (χ0v) is 14.5. The zero-order chi connectivity index (χ0) is 14.9. The Labute approximate surface area is 137 Å². The highest BCUT2D eigenvalue weighted by Gasteiger charge is 2.19. The van der Waals surface area contributed by atoms with Gasteiger partial charge in [0.25, 0.3) is 10.0 Å². The molecule has 2 aromatic rings. The molecular weight excluding hydrogens is 433 g/mol. The van der Waals surface area contributed by atoms with E-state index in [1.54, 1.807) is 0 Å². The summed E-state index contributed by atoms with van der Waals surface area (Å²) in [5, 5.41) is 0.0587. The van der Waals surface area contributed by atoms with Gasteiger partial charge in [0.15, 0.2) is 5.15 Å². The Balaban J connectivity index is 2.43. The fourth-order valence-corrected chi connectivity index (χ4v) is 4.12. The molecule has 1 aromatic carbocycles. The highest BCUT2D eigenvalue weighted by atomic mass is 79.9. The molecule has 5 nitrogen and oxygen atoms in total. The van der Waals surface area contributed by atoms with Crippen LogP contribution in [0.3, 0.4) is 0 Å². The molecule has 1 heterocycles. The van der Waals surface area contributed by atoms with Crippen molar-refractivity contribution in [3.63, 3.8) is 0 Å². The van der Waals surface area contributed by atoms with Gasteiger partial charge in [-0.3, -0.25) is 4.72 Å². The summed E-state index contributed by atoms with van der Waals surface area (Å²) in [6.45, 7) is 0. The number of benzene rings is 1. The maximum Gasteiger partial charge on any atom is 0.263 e. The third-order valence-electron chi connectivity index (χ3n) is 2.30. The van der Waals surface area contributed by atoms with Crippen LogP contribution in [0.25, 0.3) is 0 Å². The van der Waals surface area contributed by atoms with Gasteiger partial charge in [0.2, 0.25) is 0 Å². The molecule has 0 bridgehead atoms. The molecule has 0 atom stereocenters. The maximum atomic E-state index is 12.3. The predicted molar refractivity (Wildman–Crippen MR) is 86.3 cm³/mol. The lowest BCUT2D eigenvalue weighted by Gasteiger charge is -2.11. The Kier molecular flexibility index (Phi) is 4.58. The number of pyridine rings is 1. The minimum absolute atomic E-state index is 0.0581. The van der Waals surface area contributed by atoms with Gasteiger partial charge in [-0.05, 0) is 56.1 Å². The van der Waals surface area contributed by atoms with Gasteiger partial charge in [-0.15, -0.1) is 0 Å². The molecule has 0 aliphatic heterocycles. The first-order chi connectivity index (χ1) is 9.29. The van der Waals surface area contributed by atoms with Crippen LogP contribution in [0.15, 0.2) is 44.3 Å². The summed E-state index contributed by atoms with van der Waals surface area (Å²) in [5.41, 5.74) is 6.23. The van der Waals surface area contributed by atoms with E-state index < -0.39 is 10.0 Å². The molecule has 106 valence electrons. The van der Waals surface area contributed by atoms with Crippen molar-refractivity contribution in [2.45, 2.75) is 4.90 Å². The number of hydrogen-bond acceptors (Lipinski definition) is 4. The SMILES string of the molecule is Nc1ccc(S(=O)(=O)Nc2cc(Br)cnc2Cl)c(Br)c1. The van der Waals surface area contributed by atoms with Crippen molar-refractivity contribution >= 4 is 64.9 Å². The van der Waals surface area contributed by atoms with Gasteiger partial charge in [-0.2, -0.15) is 0 Å². The van der Waals surface area contributed by atoms with Crippen molar-refractivity contribution in [1.29, 1.82) is 0 Å². The molecule has 3 N–H and O–H groups in total. The van der Waals surface area contributed by atoms with Crippen molar-refractivity contribution in [2.75, 3.05) is 10.5 Å². The summed E-state index contributed by atoms with van der Waals surface area (Å²) >= 11 is 12.2. The Bertz CT molecular complexity index is 768. The van der Waals surface area contributed by atoms with Crippen LogP contribution in [0.4, 0.5) is 11.4 Å². The van der Waals surface area contributed by atoms with E-state index in [9.17, 15) is 8.42 Å². The molecular formula is C11H8Br2ClN3O2S. The average molecular weight is 442 g/mol. The fourth-order valence-electron chi connectivity index (χ4n) is 1.43. The molecule has 0 aliphatic rings. The largest absolute Gasteiger partial charge is 0.399 e. The molecule has 0 spiro atoms. The average Bonchev–Trinajstić information content (AvgIpc) is 2.33. The van der Waals surface area contributed by atoms with Crippen LogP contribution in [0.5, 0.6) is 0 Å². The van der Waals surface area contributed by atoms with Gasteiger partial charge in [0, 0.05) is 20.8 Å². The van der Waals surface area contributed by atoms with Gasteiger partial charge in [-0.25, -0.2) is 13.4 Å². The van der Waals surface area contributed by atoms with Crippen LogP contribution in [-0.2, 0) is 10.0 Å². The van der Waals surface area contributed by atoms with Gasteiger partial charge in [0.1, 0.15) is 4.90 Å². The van der Waals surface area contributed by atoms with E-state index in [-0.39, 0.29) is 15.7 Å². The second-order valence-electron chi connectivity index (χ2n) is 3.79. The first-order valence-corrected chi connectivity index (χ1v) is 8.63. The monoisotopic (exact) mass is 439 g/mol. The van der Waals surface area contributed by atoms with E-state index in [0.29, 0.717) is 14.6 Å². The third-order valence-corrected chi connectivity index (χ3v) is 5.37. The lowest BCUT2D eigenvalue weighted by Crippen LogP contribution is -2.14. The van der Waals surface area contributed by atoms with Gasteiger partial charge in [0.05, 0.1) is 5.69 Å². The highest BCUT2D eigenvalue weighted by molar-refractivity contribution is 9.10. The standard InChI is InChI=1S/C11H8Br2ClN3O2S/c12-6-3-9(11(14)16-5-6)17-20(18,19)10-2-1-7(15)4-8(10)13/h1-5,17H,15H2. The van der Waals surface area contributed by atoms with Crippen LogP contribution >= 0.6 is 43.5 Å². The molecule has 0 saturated heterocycles. The first-order valence-electron chi connectivity index (χ1n) is 5.18. The van der Waals surface area contributed by atoms with E-state index >= 15 is 0 Å². The number of nitrogen functional groups attached to an aromatic ring is 1. The quantitative estimate of drug-likeness (QED) is 0.563. The van der Waals surface area contributed by atoms with Crippen molar-refractivity contribution < 1.29 is 8.42 Å². The fraction of sp³-hybridized carbons (Fsp3) is 0. The summed E-state index contributed by atoms with van der Waals surface area (Å²) in [5.74, 6) is 0. The Hall–Kier alpha value is -0.830. The van der Waals surface area contributed by atoms with E-state index in [0.717, 1.165) is 0 Å². The number of aromatic nitrogens is 1. The summed E-state index contributed by atoms with van der Waals surface area (Å²) in [4.78, 5) is 3.91. The van der Waals surface area contributed by atoms with Crippen molar-refractivity contribution in [2.24, 2.45) is 0 Å². The number of nitrogens with zero attached hydrogens (tertiary/aromatic N) is 1. The topological polar surface area (TPSA) is 85.1 Å². The predicted octanol–water partition coefficient (Wildman–Crippen LogP) is 3.64. The summed E-state index contributed by atoms with van der Waals surface area (Å²) in [6, 6.07) is 5.94. The molecule has 20 heavy (non-hydrogen) atoms. The van der Waals surface area contributed by atoms with E-state index in [1.165, 1.54) is 30.5 Å². The van der Waals surface area contributed by atoms with Crippen LogP contribution in [0.1, 0.15) is 0 Å². The number of hydrogen-bond donors (Lipinski definition) is 2. The lowest BCUT2D eigenvalue weighted by atomic mass is 10.3. The van der Waals surface area contributed by atoms with Crippen molar-refractivity contribution in [3.05, 3.63) is 44.6 Å². The highest BCUT2D eigenvalue weighted by Crippen LogP contribution is 2.29. The Morgan fingerprint density at radius 3 is 2.60 bits per heavy atom. The third kappa shape index (κ3) is 3.43. The van der Waals surface area contributed by atoms with Crippen molar-refractivity contribution in [1.82, 2.24) is 4.98 Å². The first kappa shape index (κ1) is 15.6. The molecule has 2 rings (SSSR count). The number of halogens is 3. The molecule has 1 aromatic heterocycles. The number of nitrogens with two attached hydrogens (primary N) is 1. The number of anilines is 2. The Morgan fingerprint density at radius 2 is 1.95 bits per heavy atom. The van der Waals surface area contributed by atoms with Crippen LogP contribution in [-0.4, -0.2) is 13.4 Å². The Morgan fingerprint density at radius 1 is 1.25 bits per heavy atom. The number of sulfonamides is 1. The van der Waals surface area contributed by atoms with E-state index in [1.807, 2.05) is 0 Å². The van der Waals surface area contributed by atoms with E-state index in [2.05, 4.69) is 41.6 Å². The molecule has 0 fully saturated rings. The number of rotatable bonds is 3. The molecule has 0 radical (unpaired) electrons. The summed E-state index contributed by atoms with van der Waals surface area (Å²) in [7, 11) is -3.80. The molecule has 0 amide bonds. The second kappa shape index (κ2) is 5.88. The van der Waals surface area contributed by atoms with Crippen LogP contribution < -0.4 is 10.5 Å². The van der Waals surface area contributed by atoms with Gasteiger partial charge in [-0.1, -0.05) is 11.6 Å². The lowest BCUT2D eigenvalue weighted by molar-refractivity contribution is 0.601. The van der Waals surface area contributed by atoms with E-state index in [4.69, 9.17) is 17.3 Å². The minimum Gasteiger partial charge on any atom is -0.399 e. The number of nitrogens with one attached hydrogen (secondary N) is 1. The molecule has 9 heteroatoms. The maximum absolute atomic E-state index is 12.3. The molecule has 0 aliphatic carbocycles. The van der Waals surface area contributed by atoms with Gasteiger partial charge >= 0.3 is 0 Å². The van der Waals surface area contributed by atoms with Crippen LogP contribution in [0.2, 0.25) is 5.15 Å². The van der Waals surface area contributed by atoms with Crippen LogP contribution in [0, 0.1) is 0 Å². The van der Waals surface area contributed by atoms with Crippen molar-refractivity contribution in [3.8, 4) is 0 Å². The molecule has 0 unspecified atom stereocenters. The van der Waals surface area contributed by atoms with Gasteiger partial charge < -0.3 is 5.73 Å². The minimum atomic E-state index is -3.80. The zero-order valence-electron chi connectivity index (χ0n) is 9.77. The summed E-state index contributed by atoms with van der Waals surface area (Å²) < 4.78 is 28.0. The second-order valence-corrected chi connectivity index (χ2v) is 7.57. The smallest absolute Gasteiger partial charge is 0.263 e. The molecule has 0 saturated carbocycles. The summed E-state index contributed by atoms with van der Waals surface area (Å²) in [6.07, 6.45) is 1.47.